The number of rotatable bonds is 1. The summed E-state index contributed by atoms with van der Waals surface area (Å²) < 4.78 is 0. The molecular weight excluding hydrogens is 196 g/mol. The van der Waals surface area contributed by atoms with Gasteiger partial charge in [-0.2, -0.15) is 0 Å². The predicted molar refractivity (Wildman–Crippen MR) is 58.4 cm³/mol. The third-order valence-corrected chi connectivity index (χ3v) is 2.55. The lowest BCUT2D eigenvalue weighted by molar-refractivity contribution is -0.119. The van der Waals surface area contributed by atoms with Crippen molar-refractivity contribution in [2.75, 3.05) is 6.54 Å². The van der Waals surface area contributed by atoms with Crippen molar-refractivity contribution in [3.8, 4) is 0 Å². The smallest absolute Gasteiger partial charge is 0.220 e. The molecule has 2 rings (SSSR count). The Hall–Kier alpha value is -0.900. The van der Waals surface area contributed by atoms with Crippen LogP contribution < -0.4 is 5.32 Å². The Morgan fingerprint density at radius 1 is 1.57 bits per heavy atom. The van der Waals surface area contributed by atoms with Crippen LogP contribution in [0.2, 0.25) is 0 Å². The summed E-state index contributed by atoms with van der Waals surface area (Å²) in [5, 5.41) is 4.77. The molecule has 1 fully saturated rings. The summed E-state index contributed by atoms with van der Waals surface area (Å²) in [4.78, 5) is 14.3. The van der Waals surface area contributed by atoms with Gasteiger partial charge in [0.15, 0.2) is 0 Å². The van der Waals surface area contributed by atoms with E-state index in [1.54, 1.807) is 11.3 Å². The van der Waals surface area contributed by atoms with Crippen molar-refractivity contribution in [2.45, 2.75) is 32.6 Å². The molecule has 1 aromatic rings. The van der Waals surface area contributed by atoms with Crippen LogP contribution in [0.4, 0.5) is 0 Å². The Morgan fingerprint density at radius 3 is 2.57 bits per heavy atom. The van der Waals surface area contributed by atoms with Crippen LogP contribution in [-0.2, 0) is 4.79 Å². The summed E-state index contributed by atoms with van der Waals surface area (Å²) in [6, 6.07) is 0. The molecule has 3 nitrogen and oxygen atoms in total. The van der Waals surface area contributed by atoms with Crippen molar-refractivity contribution in [3.63, 3.8) is 0 Å². The maximum absolute atomic E-state index is 10.1. The number of aromatic nitrogens is 1. The summed E-state index contributed by atoms with van der Waals surface area (Å²) >= 11 is 1.66. The summed E-state index contributed by atoms with van der Waals surface area (Å²) in [5.74, 6) is 0.788. The monoisotopic (exact) mass is 212 g/mol. The van der Waals surface area contributed by atoms with Crippen LogP contribution in [0.5, 0.6) is 0 Å². The lowest BCUT2D eigenvalue weighted by Gasteiger charge is -1.94. The van der Waals surface area contributed by atoms with Gasteiger partial charge >= 0.3 is 0 Å². The zero-order chi connectivity index (χ0) is 10.4. The first kappa shape index (κ1) is 11.2. The average molecular weight is 212 g/mol. The standard InChI is InChI=1S/C6H9NS.C4H7NO/c1-5(2)6-3-8-4-7-6;6-4-2-1-3-5-4/h3-5H,1-2H3;1-3H2,(H,5,6). The third kappa shape index (κ3) is 3.87. The van der Waals surface area contributed by atoms with Gasteiger partial charge in [0, 0.05) is 18.3 Å². The number of hydrogen-bond acceptors (Lipinski definition) is 3. The molecule has 78 valence electrons. The molecule has 1 amide bonds. The van der Waals surface area contributed by atoms with Gasteiger partial charge in [-0.15, -0.1) is 11.3 Å². The van der Waals surface area contributed by atoms with Gasteiger partial charge in [0.1, 0.15) is 0 Å². The molecule has 1 saturated heterocycles. The molecule has 0 radical (unpaired) electrons. The second kappa shape index (κ2) is 5.75. The maximum Gasteiger partial charge on any atom is 0.220 e. The number of nitrogens with zero attached hydrogens (tertiary/aromatic N) is 1. The Kier molecular flexibility index (Phi) is 4.59. The quantitative estimate of drug-likeness (QED) is 0.775. The van der Waals surface area contributed by atoms with Crippen LogP contribution in [0.3, 0.4) is 0 Å². The van der Waals surface area contributed by atoms with Gasteiger partial charge in [-0.25, -0.2) is 4.98 Å². The van der Waals surface area contributed by atoms with Gasteiger partial charge in [0.05, 0.1) is 11.2 Å². The van der Waals surface area contributed by atoms with E-state index in [4.69, 9.17) is 0 Å². The van der Waals surface area contributed by atoms with E-state index in [-0.39, 0.29) is 5.91 Å². The Morgan fingerprint density at radius 2 is 2.36 bits per heavy atom. The molecule has 2 heterocycles. The zero-order valence-electron chi connectivity index (χ0n) is 8.62. The highest BCUT2D eigenvalue weighted by Gasteiger charge is 2.05. The molecule has 4 heteroatoms. The summed E-state index contributed by atoms with van der Waals surface area (Å²) in [7, 11) is 0. The molecule has 0 saturated carbocycles. The van der Waals surface area contributed by atoms with Crippen LogP contribution in [0, 0.1) is 0 Å². The highest BCUT2D eigenvalue weighted by Crippen LogP contribution is 2.12. The molecule has 0 bridgehead atoms. The van der Waals surface area contributed by atoms with E-state index in [0.29, 0.717) is 5.92 Å². The number of hydrogen-bond donors (Lipinski definition) is 1. The number of nitrogens with one attached hydrogen (secondary N) is 1. The number of amides is 1. The lowest BCUT2D eigenvalue weighted by Crippen LogP contribution is -2.12. The molecule has 1 aromatic heterocycles. The van der Waals surface area contributed by atoms with Crippen molar-refractivity contribution in [3.05, 3.63) is 16.6 Å². The number of thiazole rings is 1. The second-order valence-corrected chi connectivity index (χ2v) is 4.24. The van der Waals surface area contributed by atoms with Crippen molar-refractivity contribution >= 4 is 17.2 Å². The Bertz CT molecular complexity index is 262. The van der Waals surface area contributed by atoms with E-state index >= 15 is 0 Å². The molecule has 14 heavy (non-hydrogen) atoms. The molecule has 1 N–H and O–H groups in total. The van der Waals surface area contributed by atoms with Crippen molar-refractivity contribution in [1.82, 2.24) is 10.3 Å². The topological polar surface area (TPSA) is 42.0 Å². The number of carbonyl (C=O) groups excluding carboxylic acids is 1. The fourth-order valence-corrected chi connectivity index (χ4v) is 1.79. The van der Waals surface area contributed by atoms with E-state index in [2.05, 4.69) is 29.5 Å². The third-order valence-electron chi connectivity index (χ3n) is 1.95. The first-order chi connectivity index (χ1) is 6.70. The van der Waals surface area contributed by atoms with Crippen LogP contribution in [0.25, 0.3) is 0 Å². The molecular formula is C10H16N2OS. The van der Waals surface area contributed by atoms with Crippen molar-refractivity contribution in [2.24, 2.45) is 0 Å². The molecule has 0 aromatic carbocycles. The first-order valence-corrected chi connectivity index (χ1v) is 5.79. The SMILES string of the molecule is CC(C)c1cscn1.O=C1CCCN1. The van der Waals surface area contributed by atoms with Crippen LogP contribution >= 0.6 is 11.3 Å². The number of carbonyl (C=O) groups is 1. The predicted octanol–water partition coefficient (Wildman–Crippen LogP) is 2.16. The van der Waals surface area contributed by atoms with Gasteiger partial charge in [-0.1, -0.05) is 13.8 Å². The largest absolute Gasteiger partial charge is 0.356 e. The second-order valence-electron chi connectivity index (χ2n) is 3.52. The summed E-state index contributed by atoms with van der Waals surface area (Å²) in [6.45, 7) is 5.18. The van der Waals surface area contributed by atoms with E-state index < -0.39 is 0 Å². The molecule has 0 aliphatic carbocycles. The minimum Gasteiger partial charge on any atom is -0.356 e. The molecule has 0 atom stereocenters. The lowest BCUT2D eigenvalue weighted by atomic mass is 10.2. The van der Waals surface area contributed by atoms with Crippen LogP contribution in [0.1, 0.15) is 38.3 Å². The fraction of sp³-hybridized carbons (Fsp3) is 0.600. The molecule has 1 aliphatic heterocycles. The Balaban J connectivity index is 0.000000146. The van der Waals surface area contributed by atoms with E-state index in [9.17, 15) is 4.79 Å². The van der Waals surface area contributed by atoms with E-state index in [1.165, 1.54) is 5.69 Å². The normalized spacial score (nSPS) is 14.9. The van der Waals surface area contributed by atoms with Crippen LogP contribution in [0.15, 0.2) is 10.9 Å². The minimum atomic E-state index is 0.204. The molecule has 0 spiro atoms. The summed E-state index contributed by atoms with van der Waals surface area (Å²) in [5.41, 5.74) is 3.07. The van der Waals surface area contributed by atoms with Crippen molar-refractivity contribution < 1.29 is 4.79 Å². The Labute approximate surface area is 88.6 Å². The minimum absolute atomic E-state index is 0.204. The van der Waals surface area contributed by atoms with Crippen molar-refractivity contribution in [1.29, 1.82) is 0 Å². The highest BCUT2D eigenvalue weighted by molar-refractivity contribution is 7.07. The summed E-state index contributed by atoms with van der Waals surface area (Å²) in [6.07, 6.45) is 1.76. The van der Waals surface area contributed by atoms with Gasteiger partial charge in [0.25, 0.3) is 0 Å². The zero-order valence-corrected chi connectivity index (χ0v) is 9.43. The van der Waals surface area contributed by atoms with Gasteiger partial charge in [-0.3, -0.25) is 4.79 Å². The molecule has 1 aliphatic rings. The maximum atomic E-state index is 10.1. The van der Waals surface area contributed by atoms with Gasteiger partial charge < -0.3 is 5.32 Å². The van der Waals surface area contributed by atoms with E-state index in [0.717, 1.165) is 19.4 Å². The van der Waals surface area contributed by atoms with E-state index in [1.807, 2.05) is 5.51 Å². The first-order valence-electron chi connectivity index (χ1n) is 4.85. The molecule has 0 unspecified atom stereocenters. The van der Waals surface area contributed by atoms with Gasteiger partial charge in [-0.05, 0) is 12.3 Å². The average Bonchev–Trinajstić information content (AvgIpc) is 2.75. The highest BCUT2D eigenvalue weighted by atomic mass is 32.1. The van der Waals surface area contributed by atoms with Crippen LogP contribution in [-0.4, -0.2) is 17.4 Å². The van der Waals surface area contributed by atoms with Gasteiger partial charge in [0.2, 0.25) is 5.91 Å². The fourth-order valence-electron chi connectivity index (χ4n) is 1.07.